The standard InChI is InChI=1S/C17H22N2O4/c1-11-16(14-8-12(21-3)4-5-15(14)23-11)17(20)18-9-13-10-19(2)6-7-22-13/h4-5,8,13H,6-7,9-10H2,1-3H3,(H,18,20)/t13-/m1/s1. The molecular weight excluding hydrogens is 296 g/mol. The second-order valence-corrected chi connectivity index (χ2v) is 5.86. The minimum atomic E-state index is -0.147. The number of hydrogen-bond donors (Lipinski definition) is 1. The van der Waals surface area contributed by atoms with E-state index < -0.39 is 0 Å². The van der Waals surface area contributed by atoms with Gasteiger partial charge in [-0.1, -0.05) is 0 Å². The lowest BCUT2D eigenvalue weighted by atomic mass is 10.1. The van der Waals surface area contributed by atoms with Crippen LogP contribution in [0, 0.1) is 6.92 Å². The van der Waals surface area contributed by atoms with Gasteiger partial charge in [-0.15, -0.1) is 0 Å². The van der Waals surface area contributed by atoms with Gasteiger partial charge in [0.25, 0.3) is 5.91 Å². The topological polar surface area (TPSA) is 63.9 Å². The van der Waals surface area contributed by atoms with Crippen molar-refractivity contribution >= 4 is 16.9 Å². The number of furan rings is 1. The van der Waals surface area contributed by atoms with Crippen LogP contribution in [0.4, 0.5) is 0 Å². The summed E-state index contributed by atoms with van der Waals surface area (Å²) in [5, 5.41) is 3.72. The predicted octanol–water partition coefficient (Wildman–Crippen LogP) is 1.81. The number of aryl methyl sites for hydroxylation is 1. The van der Waals surface area contributed by atoms with E-state index in [-0.39, 0.29) is 12.0 Å². The largest absolute Gasteiger partial charge is 0.497 e. The Kier molecular flexibility index (Phi) is 4.54. The van der Waals surface area contributed by atoms with E-state index in [9.17, 15) is 4.79 Å². The maximum atomic E-state index is 12.6. The third kappa shape index (κ3) is 3.33. The molecule has 3 rings (SSSR count). The smallest absolute Gasteiger partial charge is 0.255 e. The van der Waals surface area contributed by atoms with E-state index in [2.05, 4.69) is 17.3 Å². The van der Waals surface area contributed by atoms with Crippen LogP contribution in [0.2, 0.25) is 0 Å². The molecule has 2 aromatic rings. The number of fused-ring (bicyclic) bond motifs is 1. The number of morpholine rings is 1. The number of likely N-dealkylation sites (N-methyl/N-ethyl adjacent to an activating group) is 1. The summed E-state index contributed by atoms with van der Waals surface area (Å²) in [6, 6.07) is 5.46. The minimum absolute atomic E-state index is 0.0192. The molecule has 1 fully saturated rings. The molecule has 1 N–H and O–H groups in total. The molecule has 1 atom stereocenters. The lowest BCUT2D eigenvalue weighted by Crippen LogP contribution is -2.45. The quantitative estimate of drug-likeness (QED) is 0.931. The number of ether oxygens (including phenoxy) is 2. The van der Waals surface area contributed by atoms with Crippen molar-refractivity contribution in [2.75, 3.05) is 40.4 Å². The molecule has 124 valence electrons. The second-order valence-electron chi connectivity index (χ2n) is 5.86. The van der Waals surface area contributed by atoms with Crippen LogP contribution in [0.15, 0.2) is 22.6 Å². The Morgan fingerprint density at radius 3 is 3.04 bits per heavy atom. The van der Waals surface area contributed by atoms with Crippen molar-refractivity contribution in [2.45, 2.75) is 13.0 Å². The van der Waals surface area contributed by atoms with Crippen LogP contribution in [0.3, 0.4) is 0 Å². The summed E-state index contributed by atoms with van der Waals surface area (Å²) in [6.45, 7) is 4.72. The Labute approximate surface area is 135 Å². The number of benzene rings is 1. The molecule has 1 aliphatic rings. The first-order valence-corrected chi connectivity index (χ1v) is 7.74. The van der Waals surface area contributed by atoms with E-state index in [4.69, 9.17) is 13.9 Å². The normalized spacial score (nSPS) is 19.0. The Hall–Kier alpha value is -2.05. The summed E-state index contributed by atoms with van der Waals surface area (Å²) >= 11 is 0. The molecule has 1 saturated heterocycles. The van der Waals surface area contributed by atoms with Gasteiger partial charge < -0.3 is 24.1 Å². The molecule has 0 aliphatic carbocycles. The fourth-order valence-corrected chi connectivity index (χ4v) is 2.89. The van der Waals surface area contributed by atoms with Crippen LogP contribution in [0.5, 0.6) is 5.75 Å². The van der Waals surface area contributed by atoms with E-state index >= 15 is 0 Å². The number of amides is 1. The van der Waals surface area contributed by atoms with Crippen LogP contribution in [0.1, 0.15) is 16.1 Å². The first-order valence-electron chi connectivity index (χ1n) is 7.74. The number of hydrogen-bond acceptors (Lipinski definition) is 5. The van der Waals surface area contributed by atoms with Crippen molar-refractivity contribution in [3.05, 3.63) is 29.5 Å². The van der Waals surface area contributed by atoms with Crippen molar-refractivity contribution in [3.63, 3.8) is 0 Å². The molecule has 0 spiro atoms. The SMILES string of the molecule is COc1ccc2oc(C)c(C(=O)NC[C@@H]3CN(C)CCO3)c2c1. The van der Waals surface area contributed by atoms with E-state index in [1.165, 1.54) is 0 Å². The summed E-state index contributed by atoms with van der Waals surface area (Å²) in [4.78, 5) is 14.8. The number of rotatable bonds is 4. The van der Waals surface area contributed by atoms with Gasteiger partial charge in [-0.25, -0.2) is 0 Å². The Balaban J connectivity index is 1.76. The van der Waals surface area contributed by atoms with Crippen molar-refractivity contribution in [3.8, 4) is 5.75 Å². The van der Waals surface area contributed by atoms with Crippen LogP contribution in [-0.2, 0) is 4.74 Å². The highest BCUT2D eigenvalue weighted by molar-refractivity contribution is 6.07. The third-order valence-electron chi connectivity index (χ3n) is 4.13. The lowest BCUT2D eigenvalue weighted by Gasteiger charge is -2.30. The van der Waals surface area contributed by atoms with Crippen LogP contribution < -0.4 is 10.1 Å². The summed E-state index contributed by atoms with van der Waals surface area (Å²) in [6.07, 6.45) is 0.0192. The molecule has 0 radical (unpaired) electrons. The van der Waals surface area contributed by atoms with Crippen LogP contribution in [-0.4, -0.2) is 57.3 Å². The van der Waals surface area contributed by atoms with Crippen molar-refractivity contribution < 1.29 is 18.7 Å². The average Bonchev–Trinajstić information content (AvgIpc) is 2.87. The number of nitrogens with one attached hydrogen (secondary N) is 1. The van der Waals surface area contributed by atoms with Gasteiger partial charge in [0.15, 0.2) is 0 Å². The molecule has 0 unspecified atom stereocenters. The molecule has 1 aromatic heterocycles. The van der Waals surface area contributed by atoms with Crippen LogP contribution >= 0.6 is 0 Å². The predicted molar refractivity (Wildman–Crippen MR) is 87.1 cm³/mol. The molecule has 0 saturated carbocycles. The van der Waals surface area contributed by atoms with Crippen molar-refractivity contribution in [2.24, 2.45) is 0 Å². The summed E-state index contributed by atoms with van der Waals surface area (Å²) in [5.41, 5.74) is 1.24. The Morgan fingerprint density at radius 2 is 2.30 bits per heavy atom. The summed E-state index contributed by atoms with van der Waals surface area (Å²) < 4.78 is 16.6. The van der Waals surface area contributed by atoms with Crippen molar-refractivity contribution in [1.82, 2.24) is 10.2 Å². The molecule has 1 aromatic carbocycles. The zero-order chi connectivity index (χ0) is 16.4. The molecule has 2 heterocycles. The lowest BCUT2D eigenvalue weighted by molar-refractivity contribution is -0.0175. The molecule has 6 heteroatoms. The first-order chi connectivity index (χ1) is 11.1. The third-order valence-corrected chi connectivity index (χ3v) is 4.13. The zero-order valence-corrected chi connectivity index (χ0v) is 13.7. The van der Waals surface area contributed by atoms with Gasteiger partial charge in [-0.2, -0.15) is 0 Å². The number of nitrogens with zero attached hydrogens (tertiary/aromatic N) is 1. The highest BCUT2D eigenvalue weighted by Gasteiger charge is 2.22. The van der Waals surface area contributed by atoms with Gasteiger partial charge in [-0.3, -0.25) is 4.79 Å². The maximum Gasteiger partial charge on any atom is 0.255 e. The highest BCUT2D eigenvalue weighted by Crippen LogP contribution is 2.28. The molecule has 0 bridgehead atoms. The Morgan fingerprint density at radius 1 is 1.48 bits per heavy atom. The molecular formula is C17H22N2O4. The summed E-state index contributed by atoms with van der Waals surface area (Å²) in [7, 11) is 3.65. The van der Waals surface area contributed by atoms with Crippen LogP contribution in [0.25, 0.3) is 11.0 Å². The van der Waals surface area contributed by atoms with E-state index in [0.717, 1.165) is 18.5 Å². The molecule has 1 aliphatic heterocycles. The van der Waals surface area contributed by atoms with Gasteiger partial charge in [0.05, 0.1) is 25.4 Å². The van der Waals surface area contributed by atoms with E-state index in [1.54, 1.807) is 14.0 Å². The Bertz CT molecular complexity index is 710. The minimum Gasteiger partial charge on any atom is -0.497 e. The zero-order valence-electron chi connectivity index (χ0n) is 13.7. The first kappa shape index (κ1) is 15.8. The number of carbonyl (C=O) groups is 1. The van der Waals surface area contributed by atoms with Gasteiger partial charge in [0.2, 0.25) is 0 Å². The van der Waals surface area contributed by atoms with E-state index in [0.29, 0.717) is 35.8 Å². The highest BCUT2D eigenvalue weighted by atomic mass is 16.5. The fourth-order valence-electron chi connectivity index (χ4n) is 2.89. The summed E-state index contributed by atoms with van der Waals surface area (Å²) in [5.74, 6) is 1.16. The van der Waals surface area contributed by atoms with Crippen molar-refractivity contribution in [1.29, 1.82) is 0 Å². The molecule has 1 amide bonds. The second kappa shape index (κ2) is 6.60. The monoisotopic (exact) mass is 318 g/mol. The van der Waals surface area contributed by atoms with E-state index in [1.807, 2.05) is 18.2 Å². The number of carbonyl (C=O) groups excluding carboxylic acids is 1. The van der Waals surface area contributed by atoms with Gasteiger partial charge in [0.1, 0.15) is 17.1 Å². The van der Waals surface area contributed by atoms with Gasteiger partial charge >= 0.3 is 0 Å². The van der Waals surface area contributed by atoms with Gasteiger partial charge in [0, 0.05) is 25.0 Å². The van der Waals surface area contributed by atoms with Gasteiger partial charge in [-0.05, 0) is 32.2 Å². The average molecular weight is 318 g/mol. The number of methoxy groups -OCH3 is 1. The maximum absolute atomic E-state index is 12.6. The molecule has 6 nitrogen and oxygen atoms in total. The molecule has 23 heavy (non-hydrogen) atoms. The fraction of sp³-hybridized carbons (Fsp3) is 0.471.